The maximum Gasteiger partial charge on any atom is 0.307 e. The van der Waals surface area contributed by atoms with Crippen molar-refractivity contribution < 1.29 is 9.90 Å². The molecule has 0 aromatic rings. The zero-order valence-electron chi connectivity index (χ0n) is 7.42. The molecule has 0 aromatic heterocycles. The second-order valence-electron chi connectivity index (χ2n) is 4.03. The Morgan fingerprint density at radius 2 is 2.09 bits per heavy atom. The van der Waals surface area contributed by atoms with E-state index >= 15 is 0 Å². The van der Waals surface area contributed by atoms with E-state index in [9.17, 15) is 4.79 Å². The molecule has 2 nitrogen and oxygen atoms in total. The Bertz CT molecular complexity index is 172. The highest BCUT2D eigenvalue weighted by atomic mass is 16.4. The summed E-state index contributed by atoms with van der Waals surface area (Å²) in [6.07, 6.45) is 2.15. The van der Waals surface area contributed by atoms with Gasteiger partial charge in [0.05, 0.1) is 5.92 Å². The molecule has 11 heavy (non-hydrogen) atoms. The van der Waals surface area contributed by atoms with Crippen molar-refractivity contribution in [2.24, 2.45) is 17.3 Å². The van der Waals surface area contributed by atoms with Gasteiger partial charge in [-0.1, -0.05) is 27.2 Å². The SMILES string of the molecule is CCC[C@H]1[C@H](C(=O)O)C1(C)C. The van der Waals surface area contributed by atoms with Crippen molar-refractivity contribution in [3.05, 3.63) is 0 Å². The molecule has 0 spiro atoms. The predicted molar refractivity (Wildman–Crippen MR) is 43.3 cm³/mol. The lowest BCUT2D eigenvalue weighted by atomic mass is 10.1. The van der Waals surface area contributed by atoms with Crippen molar-refractivity contribution in [1.82, 2.24) is 0 Å². The predicted octanol–water partition coefficient (Wildman–Crippen LogP) is 2.14. The lowest BCUT2D eigenvalue weighted by Crippen LogP contribution is -2.03. The maximum atomic E-state index is 10.7. The third kappa shape index (κ3) is 1.26. The summed E-state index contributed by atoms with van der Waals surface area (Å²) < 4.78 is 0. The Hall–Kier alpha value is -0.530. The van der Waals surface area contributed by atoms with Gasteiger partial charge in [0.1, 0.15) is 0 Å². The van der Waals surface area contributed by atoms with Gasteiger partial charge in [0.2, 0.25) is 0 Å². The highest BCUT2D eigenvalue weighted by molar-refractivity contribution is 5.75. The molecule has 2 heteroatoms. The molecule has 0 bridgehead atoms. The molecule has 1 aliphatic carbocycles. The minimum atomic E-state index is -0.617. The average molecular weight is 156 g/mol. The smallest absolute Gasteiger partial charge is 0.307 e. The van der Waals surface area contributed by atoms with Crippen LogP contribution >= 0.6 is 0 Å². The quantitative estimate of drug-likeness (QED) is 0.679. The minimum Gasteiger partial charge on any atom is -0.481 e. The summed E-state index contributed by atoms with van der Waals surface area (Å²) in [6, 6.07) is 0. The Kier molecular flexibility index (Phi) is 1.95. The number of carbonyl (C=O) groups is 1. The van der Waals surface area contributed by atoms with Gasteiger partial charge in [-0.05, 0) is 17.8 Å². The largest absolute Gasteiger partial charge is 0.481 e. The molecule has 2 atom stereocenters. The summed E-state index contributed by atoms with van der Waals surface area (Å²) in [6.45, 7) is 6.20. The zero-order chi connectivity index (χ0) is 8.65. The molecule has 0 heterocycles. The highest BCUT2D eigenvalue weighted by Gasteiger charge is 2.60. The van der Waals surface area contributed by atoms with E-state index in [2.05, 4.69) is 6.92 Å². The molecular formula is C9H16O2. The topological polar surface area (TPSA) is 37.3 Å². The Labute approximate surface area is 67.6 Å². The van der Waals surface area contributed by atoms with Gasteiger partial charge in [0.25, 0.3) is 0 Å². The van der Waals surface area contributed by atoms with Crippen molar-refractivity contribution in [3.8, 4) is 0 Å². The fraction of sp³-hybridized carbons (Fsp3) is 0.889. The van der Waals surface area contributed by atoms with Crippen molar-refractivity contribution in [2.45, 2.75) is 33.6 Å². The molecule has 64 valence electrons. The first-order valence-corrected chi connectivity index (χ1v) is 4.24. The first-order chi connectivity index (χ1) is 5.01. The van der Waals surface area contributed by atoms with Crippen LogP contribution in [0, 0.1) is 17.3 Å². The van der Waals surface area contributed by atoms with Gasteiger partial charge in [-0.3, -0.25) is 4.79 Å². The van der Waals surface area contributed by atoms with Crippen LogP contribution in [0.3, 0.4) is 0 Å². The van der Waals surface area contributed by atoms with Gasteiger partial charge in [0, 0.05) is 0 Å². The van der Waals surface area contributed by atoms with Crippen LogP contribution < -0.4 is 0 Å². The average Bonchev–Trinajstić information content (AvgIpc) is 2.35. The zero-order valence-corrected chi connectivity index (χ0v) is 7.42. The van der Waals surface area contributed by atoms with Crippen LogP contribution in [-0.2, 0) is 4.79 Å². The summed E-state index contributed by atoms with van der Waals surface area (Å²) in [5.41, 5.74) is 0.0574. The van der Waals surface area contributed by atoms with Gasteiger partial charge in [-0.2, -0.15) is 0 Å². The summed E-state index contributed by atoms with van der Waals surface area (Å²) in [7, 11) is 0. The van der Waals surface area contributed by atoms with Gasteiger partial charge in [-0.15, -0.1) is 0 Å². The Morgan fingerprint density at radius 1 is 1.55 bits per heavy atom. The normalized spacial score (nSPS) is 33.4. The van der Waals surface area contributed by atoms with E-state index in [4.69, 9.17) is 5.11 Å². The number of aliphatic carboxylic acids is 1. The fourth-order valence-electron chi connectivity index (χ4n) is 2.08. The van der Waals surface area contributed by atoms with Crippen LogP contribution in [0.4, 0.5) is 0 Å². The summed E-state index contributed by atoms with van der Waals surface area (Å²) in [5.74, 6) is -0.277. The van der Waals surface area contributed by atoms with Crippen molar-refractivity contribution >= 4 is 5.97 Å². The molecular weight excluding hydrogens is 140 g/mol. The summed E-state index contributed by atoms with van der Waals surface area (Å²) >= 11 is 0. The molecule has 0 aliphatic heterocycles. The molecule has 1 N–H and O–H groups in total. The van der Waals surface area contributed by atoms with Crippen LogP contribution in [0.1, 0.15) is 33.6 Å². The molecule has 0 radical (unpaired) electrons. The van der Waals surface area contributed by atoms with Crippen LogP contribution in [0.15, 0.2) is 0 Å². The second-order valence-corrected chi connectivity index (χ2v) is 4.03. The van der Waals surface area contributed by atoms with E-state index in [0.717, 1.165) is 12.8 Å². The lowest BCUT2D eigenvalue weighted by molar-refractivity contribution is -0.139. The van der Waals surface area contributed by atoms with E-state index < -0.39 is 5.97 Å². The third-order valence-corrected chi connectivity index (χ3v) is 2.92. The molecule has 0 amide bonds. The van der Waals surface area contributed by atoms with E-state index in [1.165, 1.54) is 0 Å². The van der Waals surface area contributed by atoms with Gasteiger partial charge >= 0.3 is 5.97 Å². The number of carboxylic acids is 1. The molecule has 0 saturated heterocycles. The second kappa shape index (κ2) is 2.50. The van der Waals surface area contributed by atoms with Crippen LogP contribution in [0.5, 0.6) is 0 Å². The molecule has 1 saturated carbocycles. The number of carboxylic acid groups (broad SMARTS) is 1. The molecule has 0 aromatic carbocycles. The molecule has 1 fully saturated rings. The monoisotopic (exact) mass is 156 g/mol. The highest BCUT2D eigenvalue weighted by Crippen LogP contribution is 2.60. The first-order valence-electron chi connectivity index (χ1n) is 4.24. The van der Waals surface area contributed by atoms with Crippen LogP contribution in [0.25, 0.3) is 0 Å². The Morgan fingerprint density at radius 3 is 2.36 bits per heavy atom. The minimum absolute atomic E-state index is 0.0574. The molecule has 1 rings (SSSR count). The molecule has 0 unspecified atom stereocenters. The fourth-order valence-corrected chi connectivity index (χ4v) is 2.08. The van der Waals surface area contributed by atoms with E-state index in [-0.39, 0.29) is 11.3 Å². The van der Waals surface area contributed by atoms with Gasteiger partial charge in [0.15, 0.2) is 0 Å². The number of hydrogen-bond donors (Lipinski definition) is 1. The summed E-state index contributed by atoms with van der Waals surface area (Å²) in [5, 5.41) is 8.79. The van der Waals surface area contributed by atoms with Crippen molar-refractivity contribution in [3.63, 3.8) is 0 Å². The standard InChI is InChI=1S/C9H16O2/c1-4-5-6-7(8(10)11)9(6,2)3/h6-7H,4-5H2,1-3H3,(H,10,11)/t6-,7+/m0/s1. The van der Waals surface area contributed by atoms with Crippen LogP contribution in [0.2, 0.25) is 0 Å². The van der Waals surface area contributed by atoms with Crippen molar-refractivity contribution in [2.75, 3.05) is 0 Å². The summed E-state index contributed by atoms with van der Waals surface area (Å²) in [4.78, 5) is 10.7. The van der Waals surface area contributed by atoms with E-state index in [1.807, 2.05) is 13.8 Å². The Balaban J connectivity index is 2.53. The van der Waals surface area contributed by atoms with Gasteiger partial charge < -0.3 is 5.11 Å². The lowest BCUT2D eigenvalue weighted by Gasteiger charge is -1.98. The molecule has 1 aliphatic rings. The maximum absolute atomic E-state index is 10.7. The first kappa shape index (κ1) is 8.57. The van der Waals surface area contributed by atoms with E-state index in [0.29, 0.717) is 5.92 Å². The number of hydrogen-bond acceptors (Lipinski definition) is 1. The third-order valence-electron chi connectivity index (χ3n) is 2.92. The van der Waals surface area contributed by atoms with E-state index in [1.54, 1.807) is 0 Å². The van der Waals surface area contributed by atoms with Crippen LogP contribution in [-0.4, -0.2) is 11.1 Å². The van der Waals surface area contributed by atoms with Crippen molar-refractivity contribution in [1.29, 1.82) is 0 Å². The van der Waals surface area contributed by atoms with Gasteiger partial charge in [-0.25, -0.2) is 0 Å². The number of rotatable bonds is 3.